The Hall–Kier alpha value is -2.07. The van der Waals surface area contributed by atoms with Gasteiger partial charge in [-0.25, -0.2) is 17.2 Å². The molecule has 178 valence electrons. The highest BCUT2D eigenvalue weighted by Crippen LogP contribution is 2.54. The molecule has 2 aromatic rings. The molecule has 6 nitrogen and oxygen atoms in total. The van der Waals surface area contributed by atoms with Crippen LogP contribution in [0.1, 0.15) is 36.5 Å². The first-order chi connectivity index (χ1) is 15.5. The van der Waals surface area contributed by atoms with E-state index in [0.29, 0.717) is 6.42 Å². The molecule has 1 amide bonds. The van der Waals surface area contributed by atoms with Gasteiger partial charge in [-0.3, -0.25) is 4.79 Å². The third-order valence-corrected chi connectivity index (χ3v) is 9.85. The predicted molar refractivity (Wildman–Crippen MR) is 121 cm³/mol. The number of hydrogen-bond donors (Lipinski definition) is 3. The van der Waals surface area contributed by atoms with Crippen LogP contribution in [0.2, 0.25) is 5.02 Å². The van der Waals surface area contributed by atoms with E-state index in [2.05, 4.69) is 5.32 Å². The average molecular weight is 499 g/mol. The second kappa shape index (κ2) is 8.61. The van der Waals surface area contributed by atoms with E-state index in [9.17, 15) is 27.1 Å². The van der Waals surface area contributed by atoms with Crippen molar-refractivity contribution < 1.29 is 27.1 Å². The number of sulfone groups is 1. The summed E-state index contributed by atoms with van der Waals surface area (Å²) in [4.78, 5) is 12.5. The Morgan fingerprint density at radius 2 is 1.91 bits per heavy atom. The Kier molecular flexibility index (Phi) is 6.28. The molecule has 33 heavy (non-hydrogen) atoms. The van der Waals surface area contributed by atoms with Gasteiger partial charge in [-0.1, -0.05) is 18.5 Å². The SMILES string of the molecule is C[C@H]1CC2C[C@@H](S(=O)(=O)c3cc(C(=O)Nc4ccc(F)c(F)c4)ccc3Cl)C[C@H]1[C@@]2(O)CN. The Labute approximate surface area is 196 Å². The maximum Gasteiger partial charge on any atom is 0.255 e. The molecular weight excluding hydrogens is 474 g/mol. The van der Waals surface area contributed by atoms with Crippen LogP contribution in [0, 0.1) is 29.4 Å². The third-order valence-electron chi connectivity index (χ3n) is 7.20. The molecule has 2 aromatic carbocycles. The van der Waals surface area contributed by atoms with Gasteiger partial charge in [-0.05, 0) is 67.3 Å². The van der Waals surface area contributed by atoms with Crippen molar-refractivity contribution in [3.8, 4) is 0 Å². The van der Waals surface area contributed by atoms with Crippen molar-refractivity contribution in [2.45, 2.75) is 41.9 Å². The van der Waals surface area contributed by atoms with Gasteiger partial charge in [0.1, 0.15) is 0 Å². The molecule has 2 bridgehead atoms. The molecule has 2 fully saturated rings. The maximum atomic E-state index is 13.5. The Morgan fingerprint density at radius 3 is 2.55 bits per heavy atom. The highest BCUT2D eigenvalue weighted by molar-refractivity contribution is 7.92. The fourth-order valence-electron chi connectivity index (χ4n) is 5.44. The van der Waals surface area contributed by atoms with Crippen LogP contribution >= 0.6 is 11.6 Å². The number of carbonyl (C=O) groups excluding carboxylic acids is 1. The van der Waals surface area contributed by atoms with Gasteiger partial charge in [0.15, 0.2) is 21.5 Å². The lowest BCUT2D eigenvalue weighted by atomic mass is 9.73. The highest BCUT2D eigenvalue weighted by atomic mass is 35.5. The van der Waals surface area contributed by atoms with Crippen LogP contribution < -0.4 is 11.1 Å². The van der Waals surface area contributed by atoms with Gasteiger partial charge in [0.2, 0.25) is 0 Å². The molecule has 2 aliphatic carbocycles. The smallest absolute Gasteiger partial charge is 0.255 e. The van der Waals surface area contributed by atoms with Crippen molar-refractivity contribution in [2.24, 2.45) is 23.5 Å². The molecule has 1 unspecified atom stereocenters. The molecule has 0 aliphatic heterocycles. The van der Waals surface area contributed by atoms with Crippen molar-refractivity contribution >= 4 is 33.0 Å². The first kappa shape index (κ1) is 24.1. The summed E-state index contributed by atoms with van der Waals surface area (Å²) < 4.78 is 53.6. The van der Waals surface area contributed by atoms with Crippen molar-refractivity contribution in [1.82, 2.24) is 0 Å². The Balaban J connectivity index is 1.61. The number of anilines is 1. The standard InChI is InChI=1S/C23H25ClF2N2O4S/c1-12-6-14-8-16(10-17(12)23(14,30)11-27)33(31,32)21-7-13(2-4-18(21)24)22(29)28-15-3-5-19(25)20(26)9-15/h2-5,7,9,12,14,16-17,30H,6,8,10-11,27H2,1H3,(H,28,29)/t12-,14?,16+,17+,23+/m0/s1. The average Bonchev–Trinajstić information content (AvgIpc) is 2.89. The topological polar surface area (TPSA) is 109 Å². The fourth-order valence-corrected chi connectivity index (χ4v) is 7.81. The van der Waals surface area contributed by atoms with Gasteiger partial charge >= 0.3 is 0 Å². The monoisotopic (exact) mass is 498 g/mol. The summed E-state index contributed by atoms with van der Waals surface area (Å²) in [5, 5.41) is 12.7. The molecule has 2 saturated carbocycles. The van der Waals surface area contributed by atoms with Gasteiger partial charge < -0.3 is 16.2 Å². The zero-order chi connectivity index (χ0) is 24.1. The molecule has 4 rings (SSSR count). The van der Waals surface area contributed by atoms with Crippen LogP contribution in [0.15, 0.2) is 41.3 Å². The first-order valence-corrected chi connectivity index (χ1v) is 12.6. The molecule has 0 aromatic heterocycles. The van der Waals surface area contributed by atoms with E-state index in [0.717, 1.165) is 12.1 Å². The number of fused-ring (bicyclic) bond motifs is 2. The molecule has 0 radical (unpaired) electrons. The minimum Gasteiger partial charge on any atom is -0.388 e. The highest BCUT2D eigenvalue weighted by Gasteiger charge is 2.57. The summed E-state index contributed by atoms with van der Waals surface area (Å²) in [5.41, 5.74) is 4.80. The van der Waals surface area contributed by atoms with E-state index in [4.69, 9.17) is 17.3 Å². The van der Waals surface area contributed by atoms with Crippen LogP contribution in [0.5, 0.6) is 0 Å². The summed E-state index contributed by atoms with van der Waals surface area (Å²) in [6, 6.07) is 6.78. The van der Waals surface area contributed by atoms with E-state index < -0.39 is 38.2 Å². The molecule has 2 aliphatic rings. The molecule has 4 N–H and O–H groups in total. The molecule has 0 spiro atoms. The van der Waals surface area contributed by atoms with Crippen LogP contribution in [-0.2, 0) is 9.84 Å². The zero-order valence-electron chi connectivity index (χ0n) is 17.9. The number of hydrogen-bond acceptors (Lipinski definition) is 5. The molecule has 0 saturated heterocycles. The summed E-state index contributed by atoms with van der Waals surface area (Å²) in [6.45, 7) is 2.08. The normalized spacial score (nSPS) is 29.2. The van der Waals surface area contributed by atoms with E-state index in [1.54, 1.807) is 0 Å². The lowest BCUT2D eigenvalue weighted by Crippen LogP contribution is -2.53. The number of halogens is 3. The molecular formula is C23H25ClF2N2O4S. The number of rotatable bonds is 5. The summed E-state index contributed by atoms with van der Waals surface area (Å²) in [7, 11) is -3.92. The van der Waals surface area contributed by atoms with Gasteiger partial charge in [-0.15, -0.1) is 0 Å². The van der Waals surface area contributed by atoms with Crippen LogP contribution in [0.3, 0.4) is 0 Å². The predicted octanol–water partition coefficient (Wildman–Crippen LogP) is 3.77. The number of amides is 1. The van der Waals surface area contributed by atoms with Gasteiger partial charge in [0.05, 0.1) is 20.8 Å². The van der Waals surface area contributed by atoms with E-state index in [1.165, 1.54) is 24.3 Å². The van der Waals surface area contributed by atoms with Crippen molar-refractivity contribution in [1.29, 1.82) is 0 Å². The Bertz CT molecular complexity index is 1210. The van der Waals surface area contributed by atoms with Crippen molar-refractivity contribution in [3.63, 3.8) is 0 Å². The summed E-state index contributed by atoms with van der Waals surface area (Å²) in [6.07, 6.45) is 1.22. The van der Waals surface area contributed by atoms with Crippen LogP contribution in [-0.4, -0.2) is 36.8 Å². The summed E-state index contributed by atoms with van der Waals surface area (Å²) >= 11 is 6.23. The van der Waals surface area contributed by atoms with Gasteiger partial charge in [-0.2, -0.15) is 0 Å². The Morgan fingerprint density at radius 1 is 1.18 bits per heavy atom. The fraction of sp³-hybridized carbons (Fsp3) is 0.435. The lowest BCUT2D eigenvalue weighted by molar-refractivity contribution is -0.0549. The van der Waals surface area contributed by atoms with Crippen LogP contribution in [0.4, 0.5) is 14.5 Å². The number of nitrogens with two attached hydrogens (primary N) is 1. The minimum atomic E-state index is -3.92. The number of nitrogens with one attached hydrogen (secondary N) is 1. The van der Waals surface area contributed by atoms with Gasteiger partial charge in [0.25, 0.3) is 5.91 Å². The molecule has 10 heteroatoms. The van der Waals surface area contributed by atoms with Crippen molar-refractivity contribution in [3.05, 3.63) is 58.6 Å². The quantitative estimate of drug-likeness (QED) is 0.581. The summed E-state index contributed by atoms with van der Waals surface area (Å²) in [5.74, 6) is -3.18. The van der Waals surface area contributed by atoms with Crippen molar-refractivity contribution in [2.75, 3.05) is 11.9 Å². The van der Waals surface area contributed by atoms with Crippen LogP contribution in [0.25, 0.3) is 0 Å². The molecule has 5 atom stereocenters. The largest absolute Gasteiger partial charge is 0.388 e. The second-order valence-corrected chi connectivity index (χ2v) is 11.7. The minimum absolute atomic E-state index is 0.00770. The molecule has 0 heterocycles. The van der Waals surface area contributed by atoms with E-state index in [1.807, 2.05) is 6.92 Å². The first-order valence-electron chi connectivity index (χ1n) is 10.7. The zero-order valence-corrected chi connectivity index (χ0v) is 19.5. The lowest BCUT2D eigenvalue weighted by Gasteiger charge is -2.42. The second-order valence-electron chi connectivity index (χ2n) is 9.08. The van der Waals surface area contributed by atoms with Gasteiger partial charge in [0, 0.05) is 23.9 Å². The number of aliphatic hydroxyl groups is 1. The van der Waals surface area contributed by atoms with E-state index in [-0.39, 0.29) is 58.3 Å². The van der Waals surface area contributed by atoms with E-state index >= 15 is 0 Å². The number of benzene rings is 2. The third kappa shape index (κ3) is 4.16. The maximum absolute atomic E-state index is 13.5. The number of carbonyl (C=O) groups is 1.